The van der Waals surface area contributed by atoms with E-state index in [0.29, 0.717) is 0 Å². The highest BCUT2D eigenvalue weighted by Gasteiger charge is 2.50. The number of likely N-dealkylation sites (N-methyl/N-ethyl adjacent to an activating group) is 1. The molecule has 1 heteroatoms. The highest BCUT2D eigenvalue weighted by molar-refractivity contribution is 5.17. The highest BCUT2D eigenvalue weighted by atomic mass is 14.9. The molecular weight excluding hydrogens is 254 g/mol. The van der Waals surface area contributed by atoms with E-state index in [2.05, 4.69) is 18.3 Å². The third-order valence-electron chi connectivity index (χ3n) is 7.08. The summed E-state index contributed by atoms with van der Waals surface area (Å²) in [4.78, 5) is 0. The number of nitrogens with one attached hydrogen (secondary N) is 1. The average Bonchev–Trinajstić information content (AvgIpc) is 2.74. The third-order valence-corrected chi connectivity index (χ3v) is 7.08. The van der Waals surface area contributed by atoms with E-state index in [1.54, 1.807) is 37.7 Å². The lowest BCUT2D eigenvalue weighted by Gasteiger charge is -2.57. The van der Waals surface area contributed by atoms with Crippen LogP contribution in [0.1, 0.15) is 71.1 Å². The largest absolute Gasteiger partial charge is 0.310 e. The van der Waals surface area contributed by atoms with E-state index in [1.807, 2.05) is 0 Å². The van der Waals surface area contributed by atoms with Gasteiger partial charge >= 0.3 is 0 Å². The molecule has 0 radical (unpaired) electrons. The van der Waals surface area contributed by atoms with Gasteiger partial charge in [0.2, 0.25) is 0 Å². The molecule has 1 nitrogen and oxygen atoms in total. The van der Waals surface area contributed by atoms with Gasteiger partial charge in [-0.15, -0.1) is 0 Å². The summed E-state index contributed by atoms with van der Waals surface area (Å²) in [6, 6.07) is 0.725. The second-order valence-corrected chi connectivity index (χ2v) is 8.42. The number of allylic oxidation sites excluding steroid dienone is 1. The molecule has 1 unspecified atom stereocenters. The molecule has 0 aromatic rings. The van der Waals surface area contributed by atoms with Crippen molar-refractivity contribution in [2.75, 3.05) is 6.54 Å². The van der Waals surface area contributed by atoms with Crippen LogP contribution in [-0.2, 0) is 0 Å². The predicted octanol–water partition coefficient (Wildman–Crippen LogP) is 4.93. The summed E-state index contributed by atoms with van der Waals surface area (Å²) in [5, 5.41) is 3.94. The molecule has 5 aliphatic rings. The predicted molar refractivity (Wildman–Crippen MR) is 89.2 cm³/mol. The number of rotatable bonds is 4. The van der Waals surface area contributed by atoms with Crippen molar-refractivity contribution >= 4 is 0 Å². The molecule has 4 fully saturated rings. The second kappa shape index (κ2) is 6.07. The first-order valence-electron chi connectivity index (χ1n) is 9.77. The smallest absolute Gasteiger partial charge is 0.0313 e. The maximum Gasteiger partial charge on any atom is 0.0313 e. The van der Waals surface area contributed by atoms with E-state index in [0.717, 1.165) is 42.2 Å². The van der Waals surface area contributed by atoms with Crippen molar-refractivity contribution in [3.63, 3.8) is 0 Å². The minimum absolute atomic E-state index is 0.725. The van der Waals surface area contributed by atoms with Crippen molar-refractivity contribution in [1.29, 1.82) is 0 Å². The van der Waals surface area contributed by atoms with Gasteiger partial charge in [0.05, 0.1) is 0 Å². The van der Waals surface area contributed by atoms with Gasteiger partial charge in [0.15, 0.2) is 0 Å². The first-order chi connectivity index (χ1) is 10.3. The van der Waals surface area contributed by atoms with Crippen LogP contribution < -0.4 is 5.32 Å². The van der Waals surface area contributed by atoms with Crippen LogP contribution in [0.15, 0.2) is 11.6 Å². The Labute approximate surface area is 131 Å². The van der Waals surface area contributed by atoms with Crippen LogP contribution >= 0.6 is 0 Å². The number of hydrogen-bond acceptors (Lipinski definition) is 1. The zero-order valence-corrected chi connectivity index (χ0v) is 13.8. The average molecular weight is 287 g/mol. The van der Waals surface area contributed by atoms with Crippen LogP contribution in [0.2, 0.25) is 0 Å². The quantitative estimate of drug-likeness (QED) is 0.723. The molecule has 118 valence electrons. The van der Waals surface area contributed by atoms with E-state index in [1.165, 1.54) is 32.1 Å². The molecule has 5 rings (SSSR count). The van der Waals surface area contributed by atoms with Gasteiger partial charge in [-0.1, -0.05) is 25.0 Å². The number of hydrogen-bond donors (Lipinski definition) is 1. The molecule has 0 spiro atoms. The van der Waals surface area contributed by atoms with E-state index in [-0.39, 0.29) is 0 Å². The Morgan fingerprint density at radius 2 is 1.71 bits per heavy atom. The fourth-order valence-corrected chi connectivity index (χ4v) is 6.57. The van der Waals surface area contributed by atoms with Gasteiger partial charge in [0.1, 0.15) is 0 Å². The summed E-state index contributed by atoms with van der Waals surface area (Å²) in [5.74, 6) is 5.29. The lowest BCUT2D eigenvalue weighted by atomic mass is 9.50. The summed E-state index contributed by atoms with van der Waals surface area (Å²) in [7, 11) is 0. The van der Waals surface area contributed by atoms with Gasteiger partial charge in [-0.3, -0.25) is 0 Å². The SMILES string of the molecule is CCNC(C1=CCCCCC1)C1C2CC3CC(C2)CC1C3. The first-order valence-corrected chi connectivity index (χ1v) is 9.77. The zero-order chi connectivity index (χ0) is 14.2. The topological polar surface area (TPSA) is 12.0 Å². The van der Waals surface area contributed by atoms with E-state index in [9.17, 15) is 0 Å². The Bertz CT molecular complexity index is 369. The molecule has 0 aliphatic heterocycles. The monoisotopic (exact) mass is 287 g/mol. The molecule has 0 aromatic heterocycles. The van der Waals surface area contributed by atoms with Crippen LogP contribution in [0.25, 0.3) is 0 Å². The summed E-state index contributed by atoms with van der Waals surface area (Å²) in [6.07, 6.45) is 17.5. The molecule has 5 aliphatic carbocycles. The Morgan fingerprint density at radius 1 is 1.00 bits per heavy atom. The molecular formula is C20H33N. The Morgan fingerprint density at radius 3 is 2.38 bits per heavy atom. The Hall–Kier alpha value is -0.300. The van der Waals surface area contributed by atoms with E-state index in [4.69, 9.17) is 0 Å². The molecule has 1 atom stereocenters. The van der Waals surface area contributed by atoms with Crippen molar-refractivity contribution < 1.29 is 0 Å². The minimum atomic E-state index is 0.725. The molecule has 0 amide bonds. The molecule has 21 heavy (non-hydrogen) atoms. The van der Waals surface area contributed by atoms with Crippen LogP contribution in [0, 0.1) is 29.6 Å². The Balaban J connectivity index is 1.57. The molecule has 0 aromatic carbocycles. The van der Waals surface area contributed by atoms with E-state index >= 15 is 0 Å². The van der Waals surface area contributed by atoms with Crippen molar-refractivity contribution in [1.82, 2.24) is 5.32 Å². The van der Waals surface area contributed by atoms with Crippen molar-refractivity contribution in [2.24, 2.45) is 29.6 Å². The summed E-state index contributed by atoms with van der Waals surface area (Å²) in [5.41, 5.74) is 1.80. The molecule has 1 N–H and O–H groups in total. The minimum Gasteiger partial charge on any atom is -0.310 e. The van der Waals surface area contributed by atoms with Crippen molar-refractivity contribution in [3.05, 3.63) is 11.6 Å². The van der Waals surface area contributed by atoms with Gasteiger partial charge in [-0.05, 0) is 93.9 Å². The van der Waals surface area contributed by atoms with Gasteiger partial charge in [-0.25, -0.2) is 0 Å². The molecule has 0 heterocycles. The summed E-state index contributed by atoms with van der Waals surface area (Å²) < 4.78 is 0. The van der Waals surface area contributed by atoms with Crippen LogP contribution in [0.5, 0.6) is 0 Å². The van der Waals surface area contributed by atoms with Crippen molar-refractivity contribution in [2.45, 2.75) is 77.2 Å². The third kappa shape index (κ3) is 2.71. The maximum atomic E-state index is 3.94. The standard InChI is InChI=1S/C20H33N/c1-2-21-20(16-7-5-3-4-6-8-16)19-17-10-14-9-15(12-17)13-18(19)11-14/h7,14-15,17-21H,2-6,8-13H2,1H3. The lowest BCUT2D eigenvalue weighted by Crippen LogP contribution is -2.53. The van der Waals surface area contributed by atoms with Gasteiger partial charge < -0.3 is 5.32 Å². The fraction of sp³-hybridized carbons (Fsp3) is 0.900. The molecule has 4 bridgehead atoms. The maximum absolute atomic E-state index is 3.94. The zero-order valence-electron chi connectivity index (χ0n) is 13.8. The lowest BCUT2D eigenvalue weighted by molar-refractivity contribution is -0.0469. The summed E-state index contributed by atoms with van der Waals surface area (Å²) in [6.45, 7) is 3.45. The van der Waals surface area contributed by atoms with Gasteiger partial charge in [0.25, 0.3) is 0 Å². The van der Waals surface area contributed by atoms with Gasteiger partial charge in [-0.2, -0.15) is 0 Å². The van der Waals surface area contributed by atoms with Crippen LogP contribution in [0.3, 0.4) is 0 Å². The van der Waals surface area contributed by atoms with Crippen LogP contribution in [-0.4, -0.2) is 12.6 Å². The fourth-order valence-electron chi connectivity index (χ4n) is 6.57. The molecule has 4 saturated carbocycles. The molecule has 0 saturated heterocycles. The van der Waals surface area contributed by atoms with Crippen LogP contribution in [0.4, 0.5) is 0 Å². The normalized spacial score (nSPS) is 43.5. The summed E-state index contributed by atoms with van der Waals surface area (Å²) >= 11 is 0. The first kappa shape index (κ1) is 14.3. The van der Waals surface area contributed by atoms with E-state index < -0.39 is 0 Å². The second-order valence-electron chi connectivity index (χ2n) is 8.42. The highest BCUT2D eigenvalue weighted by Crippen LogP contribution is 2.58. The van der Waals surface area contributed by atoms with Gasteiger partial charge in [0, 0.05) is 6.04 Å². The Kier molecular flexibility index (Phi) is 4.13. The van der Waals surface area contributed by atoms with Crippen molar-refractivity contribution in [3.8, 4) is 0 Å².